The number of hydrogen-bond acceptors (Lipinski definition) is 7. The summed E-state index contributed by atoms with van der Waals surface area (Å²) in [5.74, 6) is 0.353. The average Bonchev–Trinajstić information content (AvgIpc) is 2.88. The highest BCUT2D eigenvalue weighted by atomic mass is 32.2. The van der Waals surface area contributed by atoms with Crippen LogP contribution < -0.4 is 0 Å². The molecular weight excluding hydrogens is 502 g/mol. The van der Waals surface area contributed by atoms with Crippen molar-refractivity contribution in [2.24, 2.45) is 0 Å². The second-order valence-electron chi connectivity index (χ2n) is 9.90. The summed E-state index contributed by atoms with van der Waals surface area (Å²) in [4.78, 5) is 27.0. The Kier molecular flexibility index (Phi) is 24.6. The van der Waals surface area contributed by atoms with Gasteiger partial charge in [-0.05, 0) is 46.5 Å². The fourth-order valence-electron chi connectivity index (χ4n) is 4.34. The monoisotopic (exact) mass is 561 g/mol. The molecule has 0 aliphatic rings. The van der Waals surface area contributed by atoms with Gasteiger partial charge in [0.15, 0.2) is 0 Å². The van der Waals surface area contributed by atoms with E-state index in [4.69, 9.17) is 13.3 Å². The molecule has 0 spiro atoms. The Bertz CT molecular complexity index is 552. The lowest BCUT2D eigenvalue weighted by molar-refractivity contribution is -0.131. The predicted octanol–water partition coefficient (Wildman–Crippen LogP) is 8.01. The maximum atomic E-state index is 12.3. The lowest BCUT2D eigenvalue weighted by atomic mass is 10.1. The van der Waals surface area contributed by atoms with Gasteiger partial charge in [-0.15, -0.1) is 0 Å². The van der Waals surface area contributed by atoms with Gasteiger partial charge in [-0.2, -0.15) is 0 Å². The van der Waals surface area contributed by atoms with Gasteiger partial charge in [0.2, 0.25) is 5.78 Å². The van der Waals surface area contributed by atoms with E-state index in [2.05, 4.69) is 32.6 Å². The van der Waals surface area contributed by atoms with E-state index >= 15 is 0 Å². The van der Waals surface area contributed by atoms with Crippen LogP contribution in [0, 0.1) is 0 Å². The highest BCUT2D eigenvalue weighted by Gasteiger charge is 2.42. The molecule has 0 aliphatic heterocycles. The molecular formula is C29H59NO5SSi. The molecule has 0 aromatic heterocycles. The number of rotatable bonds is 27. The minimum atomic E-state index is -2.89. The van der Waals surface area contributed by atoms with E-state index in [1.165, 1.54) is 32.1 Å². The Morgan fingerprint density at radius 1 is 0.730 bits per heavy atom. The molecule has 0 aromatic rings. The first-order chi connectivity index (χ1) is 17.9. The summed E-state index contributed by atoms with van der Waals surface area (Å²) in [7, 11) is -2.89. The van der Waals surface area contributed by atoms with E-state index in [9.17, 15) is 9.59 Å². The molecule has 0 aromatic carbocycles. The summed E-state index contributed by atoms with van der Waals surface area (Å²) in [5.41, 5.74) is 0. The van der Waals surface area contributed by atoms with E-state index in [1.807, 2.05) is 13.8 Å². The zero-order valence-corrected chi connectivity index (χ0v) is 26.9. The van der Waals surface area contributed by atoms with Crippen LogP contribution >= 0.6 is 11.8 Å². The zero-order chi connectivity index (χ0) is 27.8. The molecule has 0 bridgehead atoms. The fourth-order valence-corrected chi connectivity index (χ4v) is 8.12. The molecule has 0 saturated carbocycles. The summed E-state index contributed by atoms with van der Waals surface area (Å²) < 4.78 is 18.9. The number of ketones is 1. The van der Waals surface area contributed by atoms with Crippen molar-refractivity contribution in [3.8, 4) is 0 Å². The Balaban J connectivity index is 4.62. The van der Waals surface area contributed by atoms with Gasteiger partial charge in [-0.3, -0.25) is 14.5 Å². The molecule has 0 fully saturated rings. The van der Waals surface area contributed by atoms with Gasteiger partial charge in [0, 0.05) is 44.5 Å². The Hall–Kier alpha value is -0.253. The van der Waals surface area contributed by atoms with E-state index in [-0.39, 0.29) is 17.1 Å². The van der Waals surface area contributed by atoms with Crippen LogP contribution in [0.15, 0.2) is 0 Å². The van der Waals surface area contributed by atoms with E-state index in [1.54, 1.807) is 0 Å². The molecule has 0 aliphatic carbocycles. The topological polar surface area (TPSA) is 65.1 Å². The molecule has 1 atom stereocenters. The summed E-state index contributed by atoms with van der Waals surface area (Å²) in [6, 6.07) is 0.654. The molecule has 0 amide bonds. The largest absolute Gasteiger partial charge is 0.502 e. The maximum absolute atomic E-state index is 12.3. The van der Waals surface area contributed by atoms with Crippen molar-refractivity contribution >= 4 is 31.5 Å². The smallest absolute Gasteiger partial charge is 0.374 e. The van der Waals surface area contributed by atoms with Crippen LogP contribution in [0.25, 0.3) is 0 Å². The molecule has 0 N–H and O–H groups in total. The second-order valence-corrected chi connectivity index (χ2v) is 13.6. The SMILES string of the molecule is CCCCCCCCCCC(=O)C(=O)SCCC[Si](OCC)(OCC)OC(C)N(CCCC)CCCC. The molecule has 0 saturated heterocycles. The van der Waals surface area contributed by atoms with Crippen molar-refractivity contribution in [3.05, 3.63) is 0 Å². The van der Waals surface area contributed by atoms with Crippen LogP contribution in [0.1, 0.15) is 131 Å². The number of thioether (sulfide) groups is 1. The van der Waals surface area contributed by atoms with E-state index in [0.717, 1.165) is 76.2 Å². The summed E-state index contributed by atoms with van der Waals surface area (Å²) in [6.07, 6.45) is 15.0. The number of carbonyl (C=O) groups is 2. The number of Topliss-reactive ketones (excluding diaryl/α,β-unsaturated/α-hetero) is 1. The number of carbonyl (C=O) groups excluding carboxylic acids is 2. The molecule has 37 heavy (non-hydrogen) atoms. The first-order valence-electron chi connectivity index (χ1n) is 15.3. The van der Waals surface area contributed by atoms with Crippen LogP contribution in [-0.4, -0.2) is 62.9 Å². The lowest BCUT2D eigenvalue weighted by Crippen LogP contribution is -2.52. The molecule has 0 rings (SSSR count). The number of unbranched alkanes of at least 4 members (excludes halogenated alkanes) is 9. The van der Waals surface area contributed by atoms with Crippen LogP contribution in [-0.2, 0) is 22.9 Å². The van der Waals surface area contributed by atoms with Crippen LogP contribution in [0.3, 0.4) is 0 Å². The van der Waals surface area contributed by atoms with Gasteiger partial charge in [0.25, 0.3) is 5.12 Å². The van der Waals surface area contributed by atoms with Gasteiger partial charge in [-0.25, -0.2) is 0 Å². The maximum Gasteiger partial charge on any atom is 0.502 e. The molecule has 0 radical (unpaired) electrons. The van der Waals surface area contributed by atoms with Gasteiger partial charge >= 0.3 is 8.80 Å². The van der Waals surface area contributed by atoms with Crippen molar-refractivity contribution in [2.45, 2.75) is 144 Å². The summed E-state index contributed by atoms with van der Waals surface area (Å²) >= 11 is 1.14. The first-order valence-corrected chi connectivity index (χ1v) is 18.2. The third-order valence-electron chi connectivity index (χ3n) is 6.54. The minimum Gasteiger partial charge on any atom is -0.374 e. The van der Waals surface area contributed by atoms with Gasteiger partial charge in [-0.1, -0.05) is 90.3 Å². The fraction of sp³-hybridized carbons (Fsp3) is 0.931. The highest BCUT2D eigenvalue weighted by molar-refractivity contribution is 8.15. The van der Waals surface area contributed by atoms with Gasteiger partial charge in [0.05, 0.1) is 0 Å². The van der Waals surface area contributed by atoms with Crippen molar-refractivity contribution < 1.29 is 22.9 Å². The zero-order valence-electron chi connectivity index (χ0n) is 25.1. The van der Waals surface area contributed by atoms with Crippen molar-refractivity contribution in [1.82, 2.24) is 4.90 Å². The van der Waals surface area contributed by atoms with Crippen molar-refractivity contribution in [3.63, 3.8) is 0 Å². The van der Waals surface area contributed by atoms with Gasteiger partial charge in [0.1, 0.15) is 6.23 Å². The standard InChI is InChI=1S/C29H59NO5SSi/c1-7-12-15-16-17-18-19-20-22-28(31)29(32)36-25-21-26-37(33-10-4,34-11-5)35-27(6)30(23-13-8-2)24-14-9-3/h27H,7-26H2,1-6H3. The second kappa shape index (κ2) is 24.8. The normalized spacial score (nSPS) is 12.8. The van der Waals surface area contributed by atoms with Crippen molar-refractivity contribution in [2.75, 3.05) is 32.1 Å². The summed E-state index contributed by atoms with van der Waals surface area (Å²) in [6.45, 7) is 15.8. The van der Waals surface area contributed by atoms with Crippen LogP contribution in [0.2, 0.25) is 6.04 Å². The molecule has 0 heterocycles. The van der Waals surface area contributed by atoms with Crippen LogP contribution in [0.5, 0.6) is 0 Å². The number of nitrogens with zero attached hydrogens (tertiary/aromatic N) is 1. The van der Waals surface area contributed by atoms with Crippen LogP contribution in [0.4, 0.5) is 0 Å². The molecule has 220 valence electrons. The lowest BCUT2D eigenvalue weighted by Gasteiger charge is -2.36. The molecule has 8 heteroatoms. The minimum absolute atomic E-state index is 0.0784. The van der Waals surface area contributed by atoms with E-state index in [0.29, 0.717) is 31.4 Å². The van der Waals surface area contributed by atoms with Gasteiger partial charge < -0.3 is 13.3 Å². The van der Waals surface area contributed by atoms with Crippen molar-refractivity contribution in [1.29, 1.82) is 0 Å². The predicted molar refractivity (Wildman–Crippen MR) is 160 cm³/mol. The molecule has 6 nitrogen and oxygen atoms in total. The average molecular weight is 562 g/mol. The third kappa shape index (κ3) is 18.6. The third-order valence-corrected chi connectivity index (χ3v) is 10.6. The highest BCUT2D eigenvalue weighted by Crippen LogP contribution is 2.24. The first kappa shape index (κ1) is 36.7. The Morgan fingerprint density at radius 2 is 1.24 bits per heavy atom. The Morgan fingerprint density at radius 3 is 1.76 bits per heavy atom. The quantitative estimate of drug-likeness (QED) is 0.0435. The molecule has 1 unspecified atom stereocenters. The number of hydrogen-bond donors (Lipinski definition) is 0. The Labute approximate surface area is 234 Å². The summed E-state index contributed by atoms with van der Waals surface area (Å²) in [5, 5.41) is -0.303. The van der Waals surface area contributed by atoms with E-state index < -0.39 is 8.80 Å².